The summed E-state index contributed by atoms with van der Waals surface area (Å²) in [4.78, 5) is 15.2. The molecule has 0 N–H and O–H groups in total. The van der Waals surface area contributed by atoms with E-state index in [0.29, 0.717) is 5.56 Å². The van der Waals surface area contributed by atoms with E-state index in [0.717, 1.165) is 16.3 Å². The smallest absolute Gasteiger partial charge is 0.192 e. The number of nitrogens with zero attached hydrogens (tertiary/aromatic N) is 2. The zero-order valence-corrected chi connectivity index (χ0v) is 10.5. The first-order valence-electron chi connectivity index (χ1n) is 4.86. The monoisotopic (exact) mass is 260 g/mol. The summed E-state index contributed by atoms with van der Waals surface area (Å²) < 4.78 is 0. The maximum Gasteiger partial charge on any atom is 0.192 e. The Kier molecular flexibility index (Phi) is 3.57. The van der Waals surface area contributed by atoms with Crippen molar-refractivity contribution in [3.8, 4) is 17.3 Å². The van der Waals surface area contributed by atoms with Gasteiger partial charge < -0.3 is 0 Å². The van der Waals surface area contributed by atoms with Crippen molar-refractivity contribution in [2.75, 3.05) is 0 Å². The molecule has 84 valence electrons. The molecule has 3 nitrogen and oxygen atoms in total. The summed E-state index contributed by atoms with van der Waals surface area (Å²) in [6.45, 7) is 0. The van der Waals surface area contributed by atoms with Gasteiger partial charge in [-0.1, -0.05) is 12.1 Å². The molecule has 0 amide bonds. The van der Waals surface area contributed by atoms with E-state index in [4.69, 9.17) is 5.26 Å². The van der Waals surface area contributed by atoms with Crippen LogP contribution in [0.1, 0.15) is 10.6 Å². The van der Waals surface area contributed by atoms with Crippen molar-refractivity contribution >= 4 is 29.1 Å². The fraction of sp³-hybridized carbons (Fsp3) is 0.0833. The van der Waals surface area contributed by atoms with Gasteiger partial charge >= 0.3 is 0 Å². The molecule has 0 unspecified atom stereocenters. The minimum atomic E-state index is -0.198. The Labute approximate surface area is 108 Å². The Morgan fingerprint density at radius 1 is 1.53 bits per heavy atom. The third-order valence-corrected chi connectivity index (χ3v) is 3.15. The van der Waals surface area contributed by atoms with E-state index in [9.17, 15) is 4.79 Å². The lowest BCUT2D eigenvalue weighted by molar-refractivity contribution is -0.110. The van der Waals surface area contributed by atoms with E-state index < -0.39 is 0 Å². The Bertz CT molecular complexity index is 599. The van der Waals surface area contributed by atoms with Gasteiger partial charge in [0.2, 0.25) is 0 Å². The van der Waals surface area contributed by atoms with Crippen LogP contribution in [0, 0.1) is 11.3 Å². The van der Waals surface area contributed by atoms with Gasteiger partial charge in [-0.25, -0.2) is 4.98 Å². The molecule has 0 saturated carbocycles. The van der Waals surface area contributed by atoms with Gasteiger partial charge in [0.05, 0.1) is 23.7 Å². The van der Waals surface area contributed by atoms with Crippen molar-refractivity contribution in [3.63, 3.8) is 0 Å². The minimum Gasteiger partial charge on any atom is -0.287 e. The predicted molar refractivity (Wildman–Crippen MR) is 70.0 cm³/mol. The highest BCUT2D eigenvalue weighted by atomic mass is 32.1. The highest BCUT2D eigenvalue weighted by Crippen LogP contribution is 2.23. The standard InChI is InChI=1S/C12H8N2OS2/c13-6-8-2-1-3-9(4-8)10-7-17-11(14-10)5-12(15)16/h1-4,7H,5H2,(H,15,16). The van der Waals surface area contributed by atoms with E-state index >= 15 is 0 Å². The average molecular weight is 260 g/mol. The van der Waals surface area contributed by atoms with E-state index in [1.54, 1.807) is 12.1 Å². The maximum absolute atomic E-state index is 10.8. The molecule has 0 fully saturated rings. The molecule has 1 aromatic heterocycles. The second-order valence-corrected chi connectivity index (χ2v) is 4.83. The van der Waals surface area contributed by atoms with Crippen LogP contribution >= 0.6 is 24.0 Å². The molecule has 1 aromatic carbocycles. The lowest BCUT2D eigenvalue weighted by Crippen LogP contribution is -1.92. The van der Waals surface area contributed by atoms with Gasteiger partial charge in [-0.2, -0.15) is 5.26 Å². The van der Waals surface area contributed by atoms with Crippen molar-refractivity contribution in [2.24, 2.45) is 0 Å². The summed E-state index contributed by atoms with van der Waals surface area (Å²) in [6, 6.07) is 9.32. The lowest BCUT2D eigenvalue weighted by Gasteiger charge is -1.96. The molecular formula is C12H8N2OS2. The van der Waals surface area contributed by atoms with Crippen LogP contribution in [0.2, 0.25) is 0 Å². The normalized spacial score (nSPS) is 9.88. The predicted octanol–water partition coefficient (Wildman–Crippen LogP) is 2.68. The van der Waals surface area contributed by atoms with Crippen LogP contribution in [-0.4, -0.2) is 10.1 Å². The van der Waals surface area contributed by atoms with Crippen molar-refractivity contribution in [1.29, 1.82) is 5.26 Å². The van der Waals surface area contributed by atoms with Crippen LogP contribution in [0.15, 0.2) is 29.6 Å². The first-order valence-corrected chi connectivity index (χ1v) is 6.18. The summed E-state index contributed by atoms with van der Waals surface area (Å²) in [7, 11) is 0. The number of benzene rings is 1. The van der Waals surface area contributed by atoms with Crippen LogP contribution in [0.4, 0.5) is 0 Å². The van der Waals surface area contributed by atoms with Crippen LogP contribution in [0.3, 0.4) is 0 Å². The van der Waals surface area contributed by atoms with Gasteiger partial charge in [-0.15, -0.1) is 24.0 Å². The lowest BCUT2D eigenvalue weighted by atomic mass is 10.1. The quantitative estimate of drug-likeness (QED) is 0.863. The SMILES string of the molecule is N#Cc1cccc(-c2csc(CC(=O)S)n2)c1. The summed E-state index contributed by atoms with van der Waals surface area (Å²) in [5.74, 6) is 0. The van der Waals surface area contributed by atoms with Gasteiger partial charge in [0.25, 0.3) is 0 Å². The van der Waals surface area contributed by atoms with Crippen LogP contribution in [0.5, 0.6) is 0 Å². The van der Waals surface area contributed by atoms with Crippen molar-refractivity contribution in [3.05, 3.63) is 40.2 Å². The molecule has 0 atom stereocenters. The topological polar surface area (TPSA) is 53.8 Å². The number of thiol groups is 1. The van der Waals surface area contributed by atoms with E-state index in [1.807, 2.05) is 17.5 Å². The molecule has 0 saturated heterocycles. The number of aromatic nitrogens is 1. The minimum absolute atomic E-state index is 0.198. The molecule has 0 spiro atoms. The van der Waals surface area contributed by atoms with Crippen molar-refractivity contribution in [2.45, 2.75) is 6.42 Å². The number of thiazole rings is 1. The molecule has 5 heteroatoms. The zero-order chi connectivity index (χ0) is 12.3. The highest BCUT2D eigenvalue weighted by Gasteiger charge is 2.07. The third kappa shape index (κ3) is 2.93. The number of carbonyl (C=O) groups is 1. The zero-order valence-electron chi connectivity index (χ0n) is 8.75. The number of nitriles is 1. The second-order valence-electron chi connectivity index (χ2n) is 3.39. The summed E-state index contributed by atoms with van der Waals surface area (Å²) in [5.41, 5.74) is 2.28. The summed E-state index contributed by atoms with van der Waals surface area (Å²) >= 11 is 5.14. The van der Waals surface area contributed by atoms with Gasteiger partial charge in [-0.3, -0.25) is 4.79 Å². The number of hydrogen-bond donors (Lipinski definition) is 1. The molecule has 0 aliphatic heterocycles. The Morgan fingerprint density at radius 2 is 2.35 bits per heavy atom. The largest absolute Gasteiger partial charge is 0.287 e. The molecule has 0 bridgehead atoms. The average Bonchev–Trinajstić information content (AvgIpc) is 2.77. The van der Waals surface area contributed by atoms with Gasteiger partial charge in [0, 0.05) is 10.9 Å². The molecule has 17 heavy (non-hydrogen) atoms. The molecule has 0 aliphatic rings. The maximum atomic E-state index is 10.8. The van der Waals surface area contributed by atoms with Crippen LogP contribution in [0.25, 0.3) is 11.3 Å². The Morgan fingerprint density at radius 3 is 3.06 bits per heavy atom. The molecule has 0 radical (unpaired) electrons. The molecule has 1 heterocycles. The molecule has 2 aromatic rings. The second kappa shape index (κ2) is 5.13. The number of carbonyl (C=O) groups excluding carboxylic acids is 1. The molecular weight excluding hydrogens is 252 g/mol. The summed E-state index contributed by atoms with van der Waals surface area (Å²) in [5, 5.41) is 11.2. The van der Waals surface area contributed by atoms with Crippen LogP contribution in [-0.2, 0) is 11.2 Å². The van der Waals surface area contributed by atoms with E-state index in [2.05, 4.69) is 23.7 Å². The first-order chi connectivity index (χ1) is 8.19. The van der Waals surface area contributed by atoms with Crippen molar-refractivity contribution < 1.29 is 4.79 Å². The number of hydrogen-bond acceptors (Lipinski definition) is 4. The molecule has 0 aliphatic carbocycles. The highest BCUT2D eigenvalue weighted by molar-refractivity contribution is 7.96. The van der Waals surface area contributed by atoms with E-state index in [1.165, 1.54) is 11.3 Å². The van der Waals surface area contributed by atoms with Gasteiger partial charge in [0.1, 0.15) is 5.01 Å². The van der Waals surface area contributed by atoms with Gasteiger partial charge in [-0.05, 0) is 12.1 Å². The van der Waals surface area contributed by atoms with Crippen LogP contribution < -0.4 is 0 Å². The van der Waals surface area contributed by atoms with Crippen molar-refractivity contribution in [1.82, 2.24) is 4.98 Å². The number of rotatable bonds is 3. The Balaban J connectivity index is 2.30. The van der Waals surface area contributed by atoms with E-state index in [-0.39, 0.29) is 11.5 Å². The molecule has 2 rings (SSSR count). The third-order valence-electron chi connectivity index (χ3n) is 2.14. The Hall–Kier alpha value is -1.64. The first kappa shape index (κ1) is 11.8. The fourth-order valence-electron chi connectivity index (χ4n) is 1.40. The van der Waals surface area contributed by atoms with Gasteiger partial charge in [0.15, 0.2) is 5.12 Å². The summed E-state index contributed by atoms with van der Waals surface area (Å²) in [6.07, 6.45) is 0.242. The fourth-order valence-corrected chi connectivity index (χ4v) is 2.46.